The summed E-state index contributed by atoms with van der Waals surface area (Å²) >= 11 is 0. The van der Waals surface area contributed by atoms with E-state index in [1.54, 1.807) is 12.1 Å². The Morgan fingerprint density at radius 1 is 1.15 bits per heavy atom. The smallest absolute Gasteiger partial charge is 0.137 e. The first-order chi connectivity index (χ1) is 15.9. The van der Waals surface area contributed by atoms with E-state index in [4.69, 9.17) is 9.47 Å². The van der Waals surface area contributed by atoms with Crippen LogP contribution in [0.5, 0.6) is 5.75 Å². The predicted octanol–water partition coefficient (Wildman–Crippen LogP) is 4.73. The number of benzene rings is 3. The molecule has 6 heteroatoms. The van der Waals surface area contributed by atoms with Crippen molar-refractivity contribution in [2.24, 2.45) is 5.92 Å². The lowest BCUT2D eigenvalue weighted by molar-refractivity contribution is -0.268. The second-order valence-electron chi connectivity index (χ2n) is 9.03. The Labute approximate surface area is 193 Å². The third-order valence-corrected chi connectivity index (χ3v) is 6.04. The maximum Gasteiger partial charge on any atom is 0.137 e. The fraction of sp³-hybridized carbons (Fsp3) is 0.370. The number of hydrogen-bond donors (Lipinski definition) is 0. The Kier molecular flexibility index (Phi) is 7.14. The molecule has 1 fully saturated rings. The van der Waals surface area contributed by atoms with Crippen molar-refractivity contribution in [2.45, 2.75) is 38.9 Å². The van der Waals surface area contributed by atoms with Crippen molar-refractivity contribution in [1.82, 2.24) is 4.90 Å². The van der Waals surface area contributed by atoms with Crippen LogP contribution in [0.3, 0.4) is 0 Å². The van der Waals surface area contributed by atoms with Crippen LogP contribution < -0.4 is 9.84 Å². The maximum atomic E-state index is 13.4. The topological polar surface area (TPSA) is 61.8 Å². The molecule has 3 aromatic carbocycles. The molecule has 1 aliphatic rings. The van der Waals surface area contributed by atoms with Crippen molar-refractivity contribution in [1.29, 1.82) is 0 Å². The number of amides is 1. The van der Waals surface area contributed by atoms with Crippen LogP contribution >= 0.6 is 0 Å². The Morgan fingerprint density at radius 2 is 1.91 bits per heavy atom. The lowest BCUT2D eigenvalue weighted by Crippen LogP contribution is -2.51. The van der Waals surface area contributed by atoms with E-state index in [1.165, 1.54) is 17.0 Å². The van der Waals surface area contributed by atoms with E-state index < -0.39 is 6.09 Å². The molecule has 2 atom stereocenters. The molecule has 1 amide bonds. The standard InChI is InChI=1S/C27H30FNO4/c1-18(2)16-32-25-14-19(13-21-5-3-4-6-23(21)25)17-33-26-15-29(27(30)31)12-11-24(26)20-7-9-22(28)10-8-20/h3-10,13-14,18,24,26H,11-12,15-17H2,1-2H3,(H,30,31)/p-1. The fourth-order valence-electron chi connectivity index (χ4n) is 4.34. The van der Waals surface area contributed by atoms with Crippen LogP contribution in [-0.4, -0.2) is 36.8 Å². The summed E-state index contributed by atoms with van der Waals surface area (Å²) in [4.78, 5) is 12.8. The highest BCUT2D eigenvalue weighted by Gasteiger charge is 2.31. The first-order valence-electron chi connectivity index (χ1n) is 11.4. The summed E-state index contributed by atoms with van der Waals surface area (Å²) in [6.07, 6.45) is -0.977. The van der Waals surface area contributed by atoms with Gasteiger partial charge in [0.05, 0.1) is 19.3 Å². The average molecular weight is 451 g/mol. The minimum atomic E-state index is -1.20. The van der Waals surface area contributed by atoms with Crippen molar-refractivity contribution in [2.75, 3.05) is 19.7 Å². The van der Waals surface area contributed by atoms with Crippen molar-refractivity contribution in [3.05, 3.63) is 77.6 Å². The quantitative estimate of drug-likeness (QED) is 0.522. The molecule has 0 aliphatic carbocycles. The lowest BCUT2D eigenvalue weighted by Gasteiger charge is -2.40. The fourth-order valence-corrected chi connectivity index (χ4v) is 4.34. The van der Waals surface area contributed by atoms with E-state index in [2.05, 4.69) is 19.9 Å². The number of fused-ring (bicyclic) bond motifs is 1. The van der Waals surface area contributed by atoms with Gasteiger partial charge in [0.2, 0.25) is 0 Å². The predicted molar refractivity (Wildman–Crippen MR) is 124 cm³/mol. The van der Waals surface area contributed by atoms with Gasteiger partial charge in [0.25, 0.3) is 0 Å². The van der Waals surface area contributed by atoms with E-state index in [0.717, 1.165) is 27.6 Å². The van der Waals surface area contributed by atoms with Crippen LogP contribution in [0.1, 0.15) is 37.3 Å². The third kappa shape index (κ3) is 5.63. The van der Waals surface area contributed by atoms with Crippen molar-refractivity contribution in [3.8, 4) is 5.75 Å². The highest BCUT2D eigenvalue weighted by Crippen LogP contribution is 2.33. The van der Waals surface area contributed by atoms with Crippen LogP contribution in [0.2, 0.25) is 0 Å². The Bertz CT molecular complexity index is 1100. The lowest BCUT2D eigenvalue weighted by atomic mass is 9.87. The molecular formula is C27H29FNO4-. The zero-order valence-electron chi connectivity index (χ0n) is 19.0. The molecule has 3 aromatic rings. The number of piperidine rings is 1. The Hall–Kier alpha value is -3.12. The summed E-state index contributed by atoms with van der Waals surface area (Å²) < 4.78 is 25.8. The van der Waals surface area contributed by atoms with Crippen LogP contribution in [0.4, 0.5) is 9.18 Å². The number of nitrogens with zero attached hydrogens (tertiary/aromatic N) is 1. The van der Waals surface area contributed by atoms with Gasteiger partial charge in [-0.2, -0.15) is 0 Å². The van der Waals surface area contributed by atoms with Crippen LogP contribution in [-0.2, 0) is 11.3 Å². The molecule has 0 spiro atoms. The summed E-state index contributed by atoms with van der Waals surface area (Å²) in [5.41, 5.74) is 1.90. The molecular weight excluding hydrogens is 421 g/mol. The number of hydrogen-bond acceptors (Lipinski definition) is 4. The molecule has 0 N–H and O–H groups in total. The highest BCUT2D eigenvalue weighted by molar-refractivity contribution is 5.89. The van der Waals surface area contributed by atoms with Gasteiger partial charge in [-0.15, -0.1) is 0 Å². The summed E-state index contributed by atoms with van der Waals surface area (Å²) in [6, 6.07) is 18.5. The number of carbonyl (C=O) groups excluding carboxylic acids is 1. The zero-order chi connectivity index (χ0) is 23.4. The number of carboxylic acid groups (broad SMARTS) is 1. The molecule has 174 valence electrons. The van der Waals surface area contributed by atoms with Gasteiger partial charge in [-0.1, -0.05) is 50.2 Å². The molecule has 4 rings (SSSR count). The molecule has 0 aromatic heterocycles. The maximum absolute atomic E-state index is 13.4. The van der Waals surface area contributed by atoms with Crippen molar-refractivity contribution >= 4 is 16.9 Å². The van der Waals surface area contributed by atoms with Gasteiger partial charge in [0.1, 0.15) is 17.7 Å². The highest BCUT2D eigenvalue weighted by atomic mass is 19.1. The van der Waals surface area contributed by atoms with Crippen LogP contribution in [0, 0.1) is 11.7 Å². The molecule has 33 heavy (non-hydrogen) atoms. The van der Waals surface area contributed by atoms with Gasteiger partial charge in [0, 0.05) is 24.4 Å². The average Bonchev–Trinajstić information content (AvgIpc) is 2.81. The van der Waals surface area contributed by atoms with Gasteiger partial charge in [-0.05, 0) is 53.1 Å². The largest absolute Gasteiger partial charge is 0.530 e. The number of likely N-dealkylation sites (tertiary alicyclic amines) is 1. The minimum Gasteiger partial charge on any atom is -0.530 e. The summed E-state index contributed by atoms with van der Waals surface area (Å²) in [5, 5.41) is 13.6. The third-order valence-electron chi connectivity index (χ3n) is 6.04. The zero-order valence-corrected chi connectivity index (χ0v) is 19.0. The van der Waals surface area contributed by atoms with E-state index in [1.807, 2.05) is 30.3 Å². The SMILES string of the molecule is CC(C)COc1cc(COC2CN(C(=O)[O-])CCC2c2ccc(F)cc2)cc2ccccc12. The molecule has 0 radical (unpaired) electrons. The molecule has 2 unspecified atom stereocenters. The van der Waals surface area contributed by atoms with E-state index in [-0.39, 0.29) is 24.4 Å². The molecule has 0 bridgehead atoms. The van der Waals surface area contributed by atoms with Crippen LogP contribution in [0.25, 0.3) is 10.8 Å². The number of rotatable bonds is 7. The summed E-state index contributed by atoms with van der Waals surface area (Å²) in [5.74, 6) is 0.889. The van der Waals surface area contributed by atoms with Gasteiger partial charge in [0.15, 0.2) is 0 Å². The summed E-state index contributed by atoms with van der Waals surface area (Å²) in [6.45, 7) is 5.73. The molecule has 5 nitrogen and oxygen atoms in total. The van der Waals surface area contributed by atoms with E-state index in [9.17, 15) is 14.3 Å². The molecule has 1 heterocycles. The second-order valence-corrected chi connectivity index (χ2v) is 9.03. The number of carbonyl (C=O) groups is 1. The first kappa shape index (κ1) is 23.1. The molecule has 1 saturated heterocycles. The minimum absolute atomic E-state index is 0.0293. The first-order valence-corrected chi connectivity index (χ1v) is 11.4. The monoisotopic (exact) mass is 450 g/mol. The second kappa shape index (κ2) is 10.2. The van der Waals surface area contributed by atoms with Crippen molar-refractivity contribution < 1.29 is 23.8 Å². The summed E-state index contributed by atoms with van der Waals surface area (Å²) in [7, 11) is 0. The van der Waals surface area contributed by atoms with Gasteiger partial charge >= 0.3 is 0 Å². The number of halogens is 1. The van der Waals surface area contributed by atoms with Crippen molar-refractivity contribution in [3.63, 3.8) is 0 Å². The van der Waals surface area contributed by atoms with E-state index >= 15 is 0 Å². The molecule has 1 aliphatic heterocycles. The van der Waals surface area contributed by atoms with E-state index in [0.29, 0.717) is 32.1 Å². The molecule has 0 saturated carbocycles. The Morgan fingerprint density at radius 3 is 2.64 bits per heavy atom. The van der Waals surface area contributed by atoms with Gasteiger partial charge in [-0.25, -0.2) is 4.39 Å². The Balaban J connectivity index is 1.56. The van der Waals surface area contributed by atoms with Gasteiger partial charge < -0.3 is 24.3 Å². The number of ether oxygens (including phenoxy) is 2. The van der Waals surface area contributed by atoms with Crippen LogP contribution in [0.15, 0.2) is 60.7 Å². The normalized spacial score (nSPS) is 18.6. The van der Waals surface area contributed by atoms with Gasteiger partial charge in [-0.3, -0.25) is 0 Å².